The molecule has 3 atom stereocenters. The molecular weight excluding hydrogens is 318 g/mol. The van der Waals surface area contributed by atoms with Crippen LogP contribution < -0.4 is 9.47 Å². The number of hydrogen-bond acceptors (Lipinski definition) is 5. The van der Waals surface area contributed by atoms with Gasteiger partial charge in [0.25, 0.3) is 0 Å². The number of fused-ring (bicyclic) bond motifs is 2. The molecule has 138 valence electrons. The van der Waals surface area contributed by atoms with Crippen molar-refractivity contribution in [3.63, 3.8) is 0 Å². The lowest BCUT2D eigenvalue weighted by molar-refractivity contribution is -0.157. The van der Waals surface area contributed by atoms with Crippen LogP contribution >= 0.6 is 0 Å². The number of ether oxygens (including phenoxy) is 3. The molecule has 1 aromatic carbocycles. The molecule has 2 aliphatic rings. The largest absolute Gasteiger partial charge is 0.497 e. The van der Waals surface area contributed by atoms with Crippen molar-refractivity contribution in [2.45, 2.75) is 58.2 Å². The lowest BCUT2D eigenvalue weighted by Gasteiger charge is -2.34. The Morgan fingerprint density at radius 2 is 1.84 bits per heavy atom. The number of esters is 1. The summed E-state index contributed by atoms with van der Waals surface area (Å²) in [7, 11) is 3.34. The molecule has 5 nitrogen and oxygen atoms in total. The summed E-state index contributed by atoms with van der Waals surface area (Å²) in [6.07, 6.45) is 3.98. The molecule has 5 heteroatoms. The van der Waals surface area contributed by atoms with E-state index in [4.69, 9.17) is 14.2 Å². The predicted molar refractivity (Wildman–Crippen MR) is 95.9 cm³/mol. The molecule has 3 rings (SSSR count). The fraction of sp³-hybridized carbons (Fsp3) is 0.650. The summed E-state index contributed by atoms with van der Waals surface area (Å²) in [5.74, 6) is 1.58. The van der Waals surface area contributed by atoms with Gasteiger partial charge in [0.2, 0.25) is 0 Å². The highest BCUT2D eigenvalue weighted by molar-refractivity contribution is 5.78. The Bertz CT molecular complexity index is 610. The van der Waals surface area contributed by atoms with Crippen molar-refractivity contribution in [2.75, 3.05) is 20.8 Å². The maximum absolute atomic E-state index is 12.7. The van der Waals surface area contributed by atoms with Crippen LogP contribution in [0.4, 0.5) is 0 Å². The van der Waals surface area contributed by atoms with Crippen molar-refractivity contribution in [1.82, 2.24) is 4.90 Å². The number of carbonyl (C=O) groups is 1. The van der Waals surface area contributed by atoms with Crippen molar-refractivity contribution >= 4 is 5.97 Å². The van der Waals surface area contributed by atoms with Crippen molar-refractivity contribution in [2.24, 2.45) is 5.41 Å². The lowest BCUT2D eigenvalue weighted by atomic mass is 9.72. The van der Waals surface area contributed by atoms with E-state index in [-0.39, 0.29) is 17.4 Å². The second kappa shape index (κ2) is 7.24. The van der Waals surface area contributed by atoms with Crippen molar-refractivity contribution in [3.8, 4) is 11.5 Å². The molecule has 1 aromatic rings. The minimum Gasteiger partial charge on any atom is -0.497 e. The Balaban J connectivity index is 1.84. The average molecular weight is 347 g/mol. The Morgan fingerprint density at radius 3 is 2.40 bits per heavy atom. The molecule has 0 aromatic heterocycles. The number of hydrogen-bond donors (Lipinski definition) is 0. The first-order chi connectivity index (χ1) is 12.1. The normalized spacial score (nSPS) is 28.2. The third-order valence-corrected chi connectivity index (χ3v) is 5.97. The minimum atomic E-state index is -0.345. The molecule has 0 radical (unpaired) electrons. The van der Waals surface area contributed by atoms with E-state index >= 15 is 0 Å². The molecule has 0 unspecified atom stereocenters. The highest BCUT2D eigenvalue weighted by Crippen LogP contribution is 2.53. The maximum Gasteiger partial charge on any atom is 0.313 e. The third kappa shape index (κ3) is 3.10. The van der Waals surface area contributed by atoms with Crippen LogP contribution in [0, 0.1) is 5.41 Å². The van der Waals surface area contributed by atoms with Crippen LogP contribution in [0.15, 0.2) is 18.2 Å². The Kier molecular flexibility index (Phi) is 5.23. The zero-order chi connectivity index (χ0) is 18.0. The van der Waals surface area contributed by atoms with E-state index in [2.05, 4.69) is 24.0 Å². The van der Waals surface area contributed by atoms with E-state index < -0.39 is 0 Å². The van der Waals surface area contributed by atoms with E-state index in [0.29, 0.717) is 12.6 Å². The van der Waals surface area contributed by atoms with E-state index in [1.165, 1.54) is 0 Å². The van der Waals surface area contributed by atoms with Crippen LogP contribution in [-0.4, -0.2) is 43.8 Å². The van der Waals surface area contributed by atoms with Crippen LogP contribution in [0.5, 0.6) is 11.5 Å². The van der Waals surface area contributed by atoms with Gasteiger partial charge >= 0.3 is 5.97 Å². The molecule has 0 N–H and O–H groups in total. The SMILES string of the molecule is CCOC(=O)[C@]1(CC)C[C@@H]2CC[C@H]1N2Cc1cc(OC)cc(OC)c1. The predicted octanol–water partition coefficient (Wildman–Crippen LogP) is 3.40. The summed E-state index contributed by atoms with van der Waals surface area (Å²) in [6, 6.07) is 6.71. The summed E-state index contributed by atoms with van der Waals surface area (Å²) in [5.41, 5.74) is 0.811. The molecule has 2 aliphatic heterocycles. The van der Waals surface area contributed by atoms with Gasteiger partial charge in [-0.25, -0.2) is 0 Å². The van der Waals surface area contributed by atoms with Crippen LogP contribution in [-0.2, 0) is 16.1 Å². The molecule has 2 fully saturated rings. The summed E-state index contributed by atoms with van der Waals surface area (Å²) in [5, 5.41) is 0. The van der Waals surface area contributed by atoms with Gasteiger partial charge < -0.3 is 14.2 Å². The topological polar surface area (TPSA) is 48.0 Å². The first-order valence-corrected chi connectivity index (χ1v) is 9.22. The second-order valence-corrected chi connectivity index (χ2v) is 7.07. The van der Waals surface area contributed by atoms with Crippen molar-refractivity contribution in [1.29, 1.82) is 0 Å². The molecule has 0 spiro atoms. The zero-order valence-electron chi connectivity index (χ0n) is 15.7. The summed E-state index contributed by atoms with van der Waals surface area (Å²) < 4.78 is 16.2. The Morgan fingerprint density at radius 1 is 1.16 bits per heavy atom. The fourth-order valence-electron chi connectivity index (χ4n) is 4.73. The summed E-state index contributed by atoms with van der Waals surface area (Å²) in [6.45, 7) is 5.26. The zero-order valence-corrected chi connectivity index (χ0v) is 15.7. The van der Waals surface area contributed by atoms with Gasteiger partial charge in [-0.15, -0.1) is 0 Å². The molecular formula is C20H29NO4. The van der Waals surface area contributed by atoms with Gasteiger partial charge in [-0.2, -0.15) is 0 Å². The van der Waals surface area contributed by atoms with Gasteiger partial charge in [0.15, 0.2) is 0 Å². The monoisotopic (exact) mass is 347 g/mol. The number of rotatable bonds is 7. The van der Waals surface area contributed by atoms with E-state index in [9.17, 15) is 4.79 Å². The minimum absolute atomic E-state index is 0.0158. The molecule has 2 saturated heterocycles. The molecule has 25 heavy (non-hydrogen) atoms. The maximum atomic E-state index is 12.7. The molecule has 2 heterocycles. The van der Waals surface area contributed by atoms with Gasteiger partial charge in [0.1, 0.15) is 11.5 Å². The van der Waals surface area contributed by atoms with Gasteiger partial charge in [-0.3, -0.25) is 9.69 Å². The molecule has 0 aliphatic carbocycles. The fourth-order valence-corrected chi connectivity index (χ4v) is 4.73. The van der Waals surface area contributed by atoms with E-state index in [1.807, 2.05) is 13.0 Å². The van der Waals surface area contributed by atoms with Crippen molar-refractivity contribution < 1.29 is 19.0 Å². The number of nitrogens with zero attached hydrogens (tertiary/aromatic N) is 1. The van der Waals surface area contributed by atoms with Crippen LogP contribution in [0.2, 0.25) is 0 Å². The quantitative estimate of drug-likeness (QED) is 0.708. The van der Waals surface area contributed by atoms with Gasteiger partial charge in [0, 0.05) is 24.7 Å². The smallest absolute Gasteiger partial charge is 0.313 e. The average Bonchev–Trinajstić information content (AvgIpc) is 3.16. The summed E-state index contributed by atoms with van der Waals surface area (Å²) >= 11 is 0. The molecule has 2 bridgehead atoms. The third-order valence-electron chi connectivity index (χ3n) is 5.97. The first kappa shape index (κ1) is 18.1. The van der Waals surface area contributed by atoms with Gasteiger partial charge in [-0.05, 0) is 50.3 Å². The number of methoxy groups -OCH3 is 2. The standard InChI is InChI=1S/C20H29NO4/c1-5-20(19(22)25-6-2)12-15-7-8-18(20)21(15)13-14-9-16(23-3)11-17(10-14)24-4/h9-11,15,18H,5-8,12-13H2,1-4H3/t15-,18+,20+/m0/s1. The second-order valence-electron chi connectivity index (χ2n) is 7.07. The van der Waals surface area contributed by atoms with E-state index in [1.54, 1.807) is 14.2 Å². The highest BCUT2D eigenvalue weighted by Gasteiger charge is 2.59. The van der Waals surface area contributed by atoms with Crippen LogP contribution in [0.1, 0.15) is 45.1 Å². The Labute approximate surface area is 150 Å². The van der Waals surface area contributed by atoms with Crippen LogP contribution in [0.25, 0.3) is 0 Å². The van der Waals surface area contributed by atoms with Crippen molar-refractivity contribution in [3.05, 3.63) is 23.8 Å². The molecule has 0 amide bonds. The van der Waals surface area contributed by atoms with Gasteiger partial charge in [0.05, 0.1) is 26.2 Å². The van der Waals surface area contributed by atoms with Crippen LogP contribution in [0.3, 0.4) is 0 Å². The number of benzene rings is 1. The molecule has 0 saturated carbocycles. The number of carbonyl (C=O) groups excluding carboxylic acids is 1. The lowest BCUT2D eigenvalue weighted by Crippen LogP contribution is -2.43. The van der Waals surface area contributed by atoms with E-state index in [0.717, 1.165) is 49.3 Å². The highest BCUT2D eigenvalue weighted by atomic mass is 16.5. The Hall–Kier alpha value is -1.75. The first-order valence-electron chi connectivity index (χ1n) is 9.22. The summed E-state index contributed by atoms with van der Waals surface area (Å²) in [4.78, 5) is 15.2. The van der Waals surface area contributed by atoms with Gasteiger partial charge in [-0.1, -0.05) is 6.92 Å².